The van der Waals surface area contributed by atoms with Gasteiger partial charge in [-0.2, -0.15) is 0 Å². The molecule has 0 aliphatic carbocycles. The van der Waals surface area contributed by atoms with E-state index in [-0.39, 0.29) is 5.91 Å². The summed E-state index contributed by atoms with van der Waals surface area (Å²) in [5.74, 6) is -0.336. The third-order valence-corrected chi connectivity index (χ3v) is 4.15. The molecule has 1 aromatic carbocycles. The zero-order chi connectivity index (χ0) is 13.8. The van der Waals surface area contributed by atoms with Gasteiger partial charge >= 0.3 is 0 Å². The molecule has 1 aromatic heterocycles. The van der Waals surface area contributed by atoms with Crippen molar-refractivity contribution in [1.82, 2.24) is 0 Å². The van der Waals surface area contributed by atoms with Crippen molar-refractivity contribution in [2.45, 2.75) is 6.92 Å². The van der Waals surface area contributed by atoms with Crippen LogP contribution in [0.5, 0.6) is 5.75 Å². The van der Waals surface area contributed by atoms with Crippen molar-refractivity contribution in [3.05, 3.63) is 44.8 Å². The summed E-state index contributed by atoms with van der Waals surface area (Å²) in [7, 11) is 0. The lowest BCUT2D eigenvalue weighted by atomic mass is 10.2. The first-order valence-electron chi connectivity index (χ1n) is 5.58. The highest BCUT2D eigenvalue weighted by atomic mass is 79.9. The predicted octanol–water partition coefficient (Wildman–Crippen LogP) is 4.30. The van der Waals surface area contributed by atoms with E-state index in [1.807, 2.05) is 5.38 Å². The van der Waals surface area contributed by atoms with E-state index < -0.39 is 5.82 Å². The number of benzene rings is 1. The minimum Gasteiger partial charge on any atom is -0.492 e. The van der Waals surface area contributed by atoms with Crippen molar-refractivity contribution in [2.75, 3.05) is 11.9 Å². The Balaban J connectivity index is 2.23. The highest BCUT2D eigenvalue weighted by molar-refractivity contribution is 9.10. The SMILES string of the molecule is CCOc1cc(F)ccc1NC(=O)c1sccc1Br. The minimum atomic E-state index is -0.404. The van der Waals surface area contributed by atoms with Gasteiger partial charge in [-0.25, -0.2) is 4.39 Å². The maximum absolute atomic E-state index is 13.1. The van der Waals surface area contributed by atoms with Gasteiger partial charge in [0.2, 0.25) is 0 Å². The molecule has 19 heavy (non-hydrogen) atoms. The molecule has 0 aliphatic rings. The monoisotopic (exact) mass is 343 g/mol. The standard InChI is InChI=1S/C13H11BrFNO2S/c1-2-18-11-7-8(15)3-4-10(11)16-13(17)12-9(14)5-6-19-12/h3-7H,2H2,1H3,(H,16,17). The van der Waals surface area contributed by atoms with Crippen LogP contribution in [-0.2, 0) is 0 Å². The van der Waals surface area contributed by atoms with Gasteiger partial charge in [-0.1, -0.05) is 0 Å². The molecule has 3 nitrogen and oxygen atoms in total. The molecule has 1 heterocycles. The normalized spacial score (nSPS) is 10.3. The summed E-state index contributed by atoms with van der Waals surface area (Å²) in [6.07, 6.45) is 0. The summed E-state index contributed by atoms with van der Waals surface area (Å²) in [5, 5.41) is 4.53. The van der Waals surface area contributed by atoms with Crippen molar-refractivity contribution in [3.63, 3.8) is 0 Å². The van der Waals surface area contributed by atoms with Crippen LogP contribution in [0.25, 0.3) is 0 Å². The van der Waals surface area contributed by atoms with Crippen molar-refractivity contribution in [1.29, 1.82) is 0 Å². The van der Waals surface area contributed by atoms with E-state index in [4.69, 9.17) is 4.74 Å². The van der Waals surface area contributed by atoms with E-state index >= 15 is 0 Å². The van der Waals surface area contributed by atoms with Crippen LogP contribution >= 0.6 is 27.3 Å². The number of halogens is 2. The van der Waals surface area contributed by atoms with Crippen LogP contribution in [0.4, 0.5) is 10.1 Å². The number of carbonyl (C=O) groups excluding carboxylic acids is 1. The number of thiophene rings is 1. The first kappa shape index (κ1) is 14.0. The topological polar surface area (TPSA) is 38.3 Å². The summed E-state index contributed by atoms with van der Waals surface area (Å²) in [6.45, 7) is 2.20. The number of anilines is 1. The van der Waals surface area contributed by atoms with Crippen molar-refractivity contribution in [3.8, 4) is 5.75 Å². The van der Waals surface area contributed by atoms with Gasteiger partial charge in [-0.15, -0.1) is 11.3 Å². The first-order chi connectivity index (χ1) is 9.11. The van der Waals surface area contributed by atoms with E-state index in [9.17, 15) is 9.18 Å². The van der Waals surface area contributed by atoms with Crippen molar-refractivity contribution in [2.24, 2.45) is 0 Å². The average Bonchev–Trinajstić information content (AvgIpc) is 2.79. The Morgan fingerprint density at radius 2 is 2.26 bits per heavy atom. The van der Waals surface area contributed by atoms with Crippen molar-refractivity contribution >= 4 is 38.9 Å². The predicted molar refractivity (Wildman–Crippen MR) is 77.5 cm³/mol. The molecule has 0 bridgehead atoms. The third-order valence-electron chi connectivity index (χ3n) is 2.32. The number of hydrogen-bond donors (Lipinski definition) is 1. The van der Waals surface area contributed by atoms with E-state index in [1.165, 1.54) is 29.5 Å². The molecule has 0 fully saturated rings. The van der Waals surface area contributed by atoms with E-state index in [0.717, 1.165) is 4.47 Å². The summed E-state index contributed by atoms with van der Waals surface area (Å²) in [4.78, 5) is 12.6. The molecular formula is C13H11BrFNO2S. The van der Waals surface area contributed by atoms with Gasteiger partial charge in [0.25, 0.3) is 5.91 Å². The van der Waals surface area contributed by atoms with Crippen LogP contribution < -0.4 is 10.1 Å². The number of amides is 1. The van der Waals surface area contributed by atoms with Crippen LogP contribution in [0.1, 0.15) is 16.6 Å². The molecule has 6 heteroatoms. The fourth-order valence-electron chi connectivity index (χ4n) is 1.51. The molecule has 0 saturated carbocycles. The summed E-state index contributed by atoms with van der Waals surface area (Å²) in [6, 6.07) is 5.82. The minimum absolute atomic E-state index is 0.255. The van der Waals surface area contributed by atoms with Gasteiger partial charge in [-0.3, -0.25) is 4.79 Å². The Labute approximate surface area is 122 Å². The molecule has 1 amide bonds. The lowest BCUT2D eigenvalue weighted by Gasteiger charge is -2.11. The molecule has 100 valence electrons. The van der Waals surface area contributed by atoms with Crippen molar-refractivity contribution < 1.29 is 13.9 Å². The van der Waals surface area contributed by atoms with Gasteiger partial charge in [0.15, 0.2) is 0 Å². The summed E-state index contributed by atoms with van der Waals surface area (Å²) in [5.41, 5.74) is 0.452. The number of carbonyl (C=O) groups is 1. The Hall–Kier alpha value is -1.40. The Morgan fingerprint density at radius 1 is 1.47 bits per heavy atom. The fraction of sp³-hybridized carbons (Fsp3) is 0.154. The number of ether oxygens (including phenoxy) is 1. The van der Waals surface area contributed by atoms with Gasteiger partial charge in [0, 0.05) is 10.5 Å². The molecule has 2 rings (SSSR count). The lowest BCUT2D eigenvalue weighted by Crippen LogP contribution is -2.12. The zero-order valence-corrected chi connectivity index (χ0v) is 12.5. The lowest BCUT2D eigenvalue weighted by molar-refractivity contribution is 0.102. The van der Waals surface area contributed by atoms with Gasteiger partial charge in [0.05, 0.1) is 12.3 Å². The molecule has 2 aromatic rings. The molecule has 0 saturated heterocycles. The molecular weight excluding hydrogens is 333 g/mol. The Morgan fingerprint density at radius 3 is 2.89 bits per heavy atom. The quantitative estimate of drug-likeness (QED) is 0.898. The summed E-state index contributed by atoms with van der Waals surface area (Å²) >= 11 is 4.62. The van der Waals surface area contributed by atoms with Gasteiger partial charge < -0.3 is 10.1 Å². The third kappa shape index (κ3) is 3.33. The number of rotatable bonds is 4. The van der Waals surface area contributed by atoms with E-state index in [0.29, 0.717) is 22.9 Å². The van der Waals surface area contributed by atoms with E-state index in [2.05, 4.69) is 21.2 Å². The largest absolute Gasteiger partial charge is 0.492 e. The second kappa shape index (κ2) is 6.16. The Kier molecular flexibility index (Phi) is 4.55. The second-order valence-corrected chi connectivity index (χ2v) is 5.40. The highest BCUT2D eigenvalue weighted by Gasteiger charge is 2.14. The van der Waals surface area contributed by atoms with Crippen LogP contribution in [0.15, 0.2) is 34.1 Å². The second-order valence-electron chi connectivity index (χ2n) is 3.63. The average molecular weight is 344 g/mol. The van der Waals surface area contributed by atoms with Crippen LogP contribution in [-0.4, -0.2) is 12.5 Å². The van der Waals surface area contributed by atoms with Gasteiger partial charge in [-0.05, 0) is 46.4 Å². The summed E-state index contributed by atoms with van der Waals surface area (Å²) < 4.78 is 19.2. The Bertz CT molecular complexity index is 600. The smallest absolute Gasteiger partial charge is 0.266 e. The molecule has 0 radical (unpaired) electrons. The maximum Gasteiger partial charge on any atom is 0.266 e. The maximum atomic E-state index is 13.1. The number of nitrogens with one attached hydrogen (secondary N) is 1. The molecule has 0 unspecified atom stereocenters. The fourth-order valence-corrected chi connectivity index (χ4v) is 2.96. The molecule has 0 aliphatic heterocycles. The van der Waals surface area contributed by atoms with E-state index in [1.54, 1.807) is 13.0 Å². The first-order valence-corrected chi connectivity index (χ1v) is 7.25. The highest BCUT2D eigenvalue weighted by Crippen LogP contribution is 2.28. The molecule has 0 spiro atoms. The molecule has 0 atom stereocenters. The van der Waals surface area contributed by atoms with Crippen LogP contribution in [0.2, 0.25) is 0 Å². The molecule has 1 N–H and O–H groups in total. The number of hydrogen-bond acceptors (Lipinski definition) is 3. The van der Waals surface area contributed by atoms with Gasteiger partial charge in [0.1, 0.15) is 16.4 Å². The van der Waals surface area contributed by atoms with Crippen LogP contribution in [0.3, 0.4) is 0 Å². The van der Waals surface area contributed by atoms with Crippen LogP contribution in [0, 0.1) is 5.82 Å². The zero-order valence-electron chi connectivity index (χ0n) is 10.1.